The highest BCUT2D eigenvalue weighted by atomic mass is 16.7. The molecule has 0 aromatic carbocycles. The van der Waals surface area contributed by atoms with Crippen molar-refractivity contribution in [3.05, 3.63) is 0 Å². The van der Waals surface area contributed by atoms with E-state index in [1.54, 1.807) is 0 Å². The van der Waals surface area contributed by atoms with Crippen LogP contribution in [0.15, 0.2) is 0 Å². The minimum absolute atomic E-state index is 0.0475. The quantitative estimate of drug-likeness (QED) is 0.472. The normalized spacial score (nSPS) is 47.2. The lowest BCUT2D eigenvalue weighted by Gasteiger charge is -2.38. The van der Waals surface area contributed by atoms with Gasteiger partial charge in [0.05, 0.1) is 25.4 Å². The van der Waals surface area contributed by atoms with Crippen LogP contribution < -0.4 is 0 Å². The molecular formula is C27H48O4. The van der Waals surface area contributed by atoms with Crippen LogP contribution in [0.5, 0.6) is 0 Å². The maximum absolute atomic E-state index is 6.09. The highest BCUT2D eigenvalue weighted by Crippen LogP contribution is 2.41. The molecule has 4 rings (SSSR count). The van der Waals surface area contributed by atoms with Crippen LogP contribution in [0.4, 0.5) is 0 Å². The van der Waals surface area contributed by atoms with Crippen molar-refractivity contribution in [2.24, 2.45) is 35.5 Å². The Labute approximate surface area is 191 Å². The third-order valence-electron chi connectivity index (χ3n) is 9.08. The molecule has 6 atom stereocenters. The molecule has 0 aromatic rings. The van der Waals surface area contributed by atoms with Gasteiger partial charge in [0, 0.05) is 24.7 Å². The average Bonchev–Trinajstić information content (AvgIpc) is 2.76. The Morgan fingerprint density at radius 3 is 1.13 bits per heavy atom. The first kappa shape index (κ1) is 24.0. The molecule has 0 aromatic heterocycles. The molecular weight excluding hydrogens is 388 g/mol. The van der Waals surface area contributed by atoms with Crippen LogP contribution in [0.3, 0.4) is 0 Å². The molecule has 2 aliphatic carbocycles. The van der Waals surface area contributed by atoms with Crippen LogP contribution in [0, 0.1) is 35.5 Å². The minimum atomic E-state index is 0.0475. The largest absolute Gasteiger partial charge is 0.352 e. The Morgan fingerprint density at radius 1 is 0.484 bits per heavy atom. The zero-order valence-electron chi connectivity index (χ0n) is 20.6. The minimum Gasteiger partial charge on any atom is -0.352 e. The topological polar surface area (TPSA) is 36.9 Å². The summed E-state index contributed by atoms with van der Waals surface area (Å²) in [4.78, 5) is 0. The summed E-state index contributed by atoms with van der Waals surface area (Å²) < 4.78 is 24.1. The van der Waals surface area contributed by atoms with Gasteiger partial charge in [0.1, 0.15) is 0 Å². The van der Waals surface area contributed by atoms with Crippen LogP contribution in [0.1, 0.15) is 98.3 Å². The predicted molar refractivity (Wildman–Crippen MR) is 124 cm³/mol. The van der Waals surface area contributed by atoms with Gasteiger partial charge in [-0.1, -0.05) is 39.5 Å². The predicted octanol–water partition coefficient (Wildman–Crippen LogP) is 6.56. The lowest BCUT2D eigenvalue weighted by molar-refractivity contribution is -0.235. The fourth-order valence-electron chi connectivity index (χ4n) is 6.28. The van der Waals surface area contributed by atoms with Gasteiger partial charge in [-0.15, -0.1) is 0 Å². The first-order valence-electron chi connectivity index (χ1n) is 13.5. The summed E-state index contributed by atoms with van der Waals surface area (Å²) in [6, 6.07) is 0. The number of hydrogen-bond donors (Lipinski definition) is 0. The smallest absolute Gasteiger partial charge is 0.158 e. The first-order valence-corrected chi connectivity index (χ1v) is 13.5. The van der Waals surface area contributed by atoms with Gasteiger partial charge in [-0.05, 0) is 69.6 Å². The van der Waals surface area contributed by atoms with Gasteiger partial charge in [0.15, 0.2) is 12.6 Å². The monoisotopic (exact) mass is 436 g/mol. The van der Waals surface area contributed by atoms with E-state index in [-0.39, 0.29) is 12.6 Å². The highest BCUT2D eigenvalue weighted by molar-refractivity contribution is 4.81. The summed E-state index contributed by atoms with van der Waals surface area (Å²) in [6.45, 7) is 10.6. The van der Waals surface area contributed by atoms with Gasteiger partial charge in [-0.2, -0.15) is 0 Å². The Hall–Kier alpha value is -0.160. The van der Waals surface area contributed by atoms with Gasteiger partial charge in [-0.3, -0.25) is 0 Å². The maximum atomic E-state index is 6.09. The van der Waals surface area contributed by atoms with Crippen LogP contribution >= 0.6 is 0 Å². The van der Waals surface area contributed by atoms with Crippen molar-refractivity contribution in [2.75, 3.05) is 13.2 Å². The molecule has 4 aliphatic rings. The molecule has 6 unspecified atom stereocenters. The van der Waals surface area contributed by atoms with Crippen molar-refractivity contribution in [1.82, 2.24) is 0 Å². The van der Waals surface area contributed by atoms with Gasteiger partial charge in [0.2, 0.25) is 0 Å². The third-order valence-corrected chi connectivity index (χ3v) is 9.08. The van der Waals surface area contributed by atoms with Crippen molar-refractivity contribution in [3.8, 4) is 0 Å². The second kappa shape index (κ2) is 11.3. The van der Waals surface area contributed by atoms with Crippen molar-refractivity contribution in [2.45, 2.75) is 123 Å². The molecule has 2 saturated heterocycles. The second-order valence-electron chi connectivity index (χ2n) is 11.6. The molecule has 31 heavy (non-hydrogen) atoms. The van der Waals surface area contributed by atoms with Crippen molar-refractivity contribution in [1.29, 1.82) is 0 Å². The van der Waals surface area contributed by atoms with E-state index < -0.39 is 0 Å². The molecule has 4 nitrogen and oxygen atoms in total. The van der Waals surface area contributed by atoms with Crippen molar-refractivity contribution in [3.63, 3.8) is 0 Å². The fourth-order valence-corrected chi connectivity index (χ4v) is 6.28. The molecule has 0 amide bonds. The molecule has 4 fully saturated rings. The molecule has 0 N–H and O–H groups in total. The highest BCUT2D eigenvalue weighted by Gasteiger charge is 2.33. The van der Waals surface area contributed by atoms with E-state index in [9.17, 15) is 0 Å². The van der Waals surface area contributed by atoms with Gasteiger partial charge in [-0.25, -0.2) is 0 Å². The Bertz CT molecular complexity index is 477. The van der Waals surface area contributed by atoms with Gasteiger partial charge >= 0.3 is 0 Å². The third kappa shape index (κ3) is 6.91. The molecule has 180 valence electrons. The zero-order valence-corrected chi connectivity index (χ0v) is 20.6. The van der Waals surface area contributed by atoms with Crippen LogP contribution in [0.2, 0.25) is 0 Å². The summed E-state index contributed by atoms with van der Waals surface area (Å²) in [5.41, 5.74) is 0. The lowest BCUT2D eigenvalue weighted by Crippen LogP contribution is -2.38. The molecule has 2 saturated carbocycles. The molecule has 0 bridgehead atoms. The van der Waals surface area contributed by atoms with Gasteiger partial charge < -0.3 is 18.9 Å². The maximum Gasteiger partial charge on any atom is 0.158 e. The van der Waals surface area contributed by atoms with E-state index in [0.717, 1.165) is 49.7 Å². The lowest BCUT2D eigenvalue weighted by atomic mass is 9.72. The Balaban J connectivity index is 1.09. The van der Waals surface area contributed by atoms with Crippen LogP contribution in [-0.4, -0.2) is 38.0 Å². The molecule has 0 spiro atoms. The van der Waals surface area contributed by atoms with E-state index in [1.807, 2.05) is 0 Å². The second-order valence-corrected chi connectivity index (χ2v) is 11.6. The average molecular weight is 437 g/mol. The molecule has 2 heterocycles. The van der Waals surface area contributed by atoms with E-state index in [1.165, 1.54) is 57.8 Å². The Morgan fingerprint density at radius 2 is 0.806 bits per heavy atom. The first-order chi connectivity index (χ1) is 15.0. The van der Waals surface area contributed by atoms with Crippen molar-refractivity contribution >= 4 is 0 Å². The molecule has 4 heteroatoms. The SMILES string of the molecule is CC1COC(CC2CCC(CC3CCC(CC4OCC(C)C(C)O4)CC3)CC2)OC1C. The van der Waals surface area contributed by atoms with Crippen LogP contribution in [-0.2, 0) is 18.9 Å². The van der Waals surface area contributed by atoms with E-state index in [0.29, 0.717) is 24.0 Å². The van der Waals surface area contributed by atoms with E-state index >= 15 is 0 Å². The summed E-state index contributed by atoms with van der Waals surface area (Å²) >= 11 is 0. The van der Waals surface area contributed by atoms with E-state index in [2.05, 4.69) is 27.7 Å². The summed E-state index contributed by atoms with van der Waals surface area (Å²) in [5.74, 6) is 4.57. The summed E-state index contributed by atoms with van der Waals surface area (Å²) in [6.07, 6.45) is 15.6. The molecule has 2 aliphatic heterocycles. The number of hydrogen-bond acceptors (Lipinski definition) is 4. The Kier molecular flexibility index (Phi) is 8.75. The summed E-state index contributed by atoms with van der Waals surface area (Å²) in [7, 11) is 0. The fraction of sp³-hybridized carbons (Fsp3) is 1.00. The zero-order chi connectivity index (χ0) is 21.8. The van der Waals surface area contributed by atoms with E-state index in [4.69, 9.17) is 18.9 Å². The van der Waals surface area contributed by atoms with Gasteiger partial charge in [0.25, 0.3) is 0 Å². The summed E-state index contributed by atoms with van der Waals surface area (Å²) in [5, 5.41) is 0. The van der Waals surface area contributed by atoms with Crippen molar-refractivity contribution < 1.29 is 18.9 Å². The number of ether oxygens (including phenoxy) is 4. The molecule has 0 radical (unpaired) electrons. The number of rotatable bonds is 6. The van der Waals surface area contributed by atoms with Crippen LogP contribution in [0.25, 0.3) is 0 Å². The standard InChI is InChI=1S/C27H48O4/c1-18-16-28-26(30-20(18)3)14-24-9-5-22(6-10-24)13-23-7-11-25(12-8-23)15-27-29-17-19(2)21(4)31-27/h18-27H,5-17H2,1-4H3.